The first kappa shape index (κ1) is 18.8. The fourth-order valence-corrected chi connectivity index (χ4v) is 3.26. The quantitative estimate of drug-likeness (QED) is 0.588. The fourth-order valence-electron chi connectivity index (χ4n) is 2.18. The van der Waals surface area contributed by atoms with Gasteiger partial charge in [0.05, 0.1) is 12.2 Å². The van der Waals surface area contributed by atoms with Gasteiger partial charge in [0.2, 0.25) is 11.8 Å². The number of aromatic nitrogens is 2. The van der Waals surface area contributed by atoms with Crippen molar-refractivity contribution in [2.24, 2.45) is 0 Å². The van der Waals surface area contributed by atoms with E-state index in [0.29, 0.717) is 34.1 Å². The average Bonchev–Trinajstić information content (AvgIpc) is 3.07. The van der Waals surface area contributed by atoms with E-state index in [9.17, 15) is 4.79 Å². The van der Waals surface area contributed by atoms with E-state index >= 15 is 0 Å². The predicted molar refractivity (Wildman–Crippen MR) is 103 cm³/mol. The van der Waals surface area contributed by atoms with Crippen molar-refractivity contribution < 1.29 is 9.21 Å². The van der Waals surface area contributed by atoms with E-state index in [4.69, 9.17) is 27.6 Å². The highest BCUT2D eigenvalue weighted by atomic mass is 35.5. The molecule has 0 saturated heterocycles. The second kappa shape index (κ2) is 9.07. The van der Waals surface area contributed by atoms with Crippen molar-refractivity contribution in [2.45, 2.75) is 18.2 Å². The molecular formula is C18H15Cl2N3O2S. The summed E-state index contributed by atoms with van der Waals surface area (Å²) < 4.78 is 5.56. The summed E-state index contributed by atoms with van der Waals surface area (Å²) in [5.41, 5.74) is 1.89. The molecule has 0 aliphatic heterocycles. The number of nitrogens with zero attached hydrogens (tertiary/aromatic N) is 2. The number of carbonyl (C=O) groups is 1. The molecule has 8 heteroatoms. The number of thioether (sulfide) groups is 1. The maximum Gasteiger partial charge on any atom is 0.277 e. The van der Waals surface area contributed by atoms with Gasteiger partial charge < -0.3 is 9.73 Å². The molecule has 1 amide bonds. The normalized spacial score (nSPS) is 10.7. The van der Waals surface area contributed by atoms with Crippen LogP contribution in [0.5, 0.6) is 0 Å². The van der Waals surface area contributed by atoms with Crippen LogP contribution < -0.4 is 5.32 Å². The SMILES string of the molecule is O=C(CSc1nnc(Cc2ccccc2)o1)NCc1ccc(Cl)cc1Cl. The Morgan fingerprint density at radius 1 is 1.12 bits per heavy atom. The molecule has 3 aromatic rings. The number of halogens is 2. The number of nitrogens with one attached hydrogen (secondary N) is 1. The average molecular weight is 408 g/mol. The van der Waals surface area contributed by atoms with Crippen molar-refractivity contribution in [1.82, 2.24) is 15.5 Å². The number of hydrogen-bond acceptors (Lipinski definition) is 5. The summed E-state index contributed by atoms with van der Waals surface area (Å²) in [6.45, 7) is 0.332. The monoisotopic (exact) mass is 407 g/mol. The van der Waals surface area contributed by atoms with E-state index in [-0.39, 0.29) is 11.7 Å². The Morgan fingerprint density at radius 3 is 2.69 bits per heavy atom. The van der Waals surface area contributed by atoms with Crippen LogP contribution >= 0.6 is 35.0 Å². The summed E-state index contributed by atoms with van der Waals surface area (Å²) in [6.07, 6.45) is 0.565. The molecule has 1 aromatic heterocycles. The number of rotatable bonds is 7. The van der Waals surface area contributed by atoms with Gasteiger partial charge in [-0.05, 0) is 23.3 Å². The molecule has 0 spiro atoms. The van der Waals surface area contributed by atoms with Crippen molar-refractivity contribution in [3.8, 4) is 0 Å². The van der Waals surface area contributed by atoms with Gasteiger partial charge in [-0.1, -0.05) is 71.4 Å². The van der Waals surface area contributed by atoms with Crippen LogP contribution in [0.2, 0.25) is 10.0 Å². The molecule has 1 N–H and O–H groups in total. The lowest BCUT2D eigenvalue weighted by Gasteiger charge is -2.06. The minimum Gasteiger partial charge on any atom is -0.416 e. The van der Waals surface area contributed by atoms with Crippen molar-refractivity contribution in [3.63, 3.8) is 0 Å². The molecule has 0 fully saturated rings. The Bertz CT molecular complexity index is 887. The molecule has 0 saturated carbocycles. The van der Waals surface area contributed by atoms with Crippen LogP contribution in [0.3, 0.4) is 0 Å². The molecule has 0 radical (unpaired) electrons. The van der Waals surface area contributed by atoms with Crippen LogP contribution in [0.1, 0.15) is 17.0 Å². The topological polar surface area (TPSA) is 68.0 Å². The summed E-state index contributed by atoms with van der Waals surface area (Å²) in [5, 5.41) is 12.2. The zero-order chi connectivity index (χ0) is 18.4. The smallest absolute Gasteiger partial charge is 0.277 e. The van der Waals surface area contributed by atoms with Gasteiger partial charge in [-0.25, -0.2) is 0 Å². The first-order valence-corrected chi connectivity index (χ1v) is 9.54. The molecule has 0 unspecified atom stereocenters. The van der Waals surface area contributed by atoms with Crippen molar-refractivity contribution in [2.75, 3.05) is 5.75 Å². The van der Waals surface area contributed by atoms with Crippen molar-refractivity contribution in [1.29, 1.82) is 0 Å². The van der Waals surface area contributed by atoms with E-state index in [2.05, 4.69) is 15.5 Å². The third-order valence-corrected chi connectivity index (χ3v) is 4.87. The predicted octanol–water partition coefficient (Wildman–Crippen LogP) is 4.38. The molecule has 26 heavy (non-hydrogen) atoms. The Hall–Kier alpha value is -2.02. The maximum atomic E-state index is 12.0. The lowest BCUT2D eigenvalue weighted by Crippen LogP contribution is -2.24. The third-order valence-electron chi connectivity index (χ3n) is 3.46. The second-order valence-corrected chi connectivity index (χ2v) is 7.20. The lowest BCUT2D eigenvalue weighted by molar-refractivity contribution is -0.118. The zero-order valence-corrected chi connectivity index (χ0v) is 15.9. The van der Waals surface area contributed by atoms with Crippen LogP contribution in [-0.2, 0) is 17.8 Å². The highest BCUT2D eigenvalue weighted by molar-refractivity contribution is 7.99. The Kier molecular flexibility index (Phi) is 6.55. The molecule has 0 aliphatic carbocycles. The summed E-state index contributed by atoms with van der Waals surface area (Å²) in [6, 6.07) is 15.0. The lowest BCUT2D eigenvalue weighted by atomic mass is 10.2. The zero-order valence-electron chi connectivity index (χ0n) is 13.6. The summed E-state index contributed by atoms with van der Waals surface area (Å²) in [7, 11) is 0. The molecule has 3 rings (SSSR count). The molecule has 2 aromatic carbocycles. The minimum atomic E-state index is -0.149. The van der Waals surface area contributed by atoms with Gasteiger partial charge >= 0.3 is 0 Å². The minimum absolute atomic E-state index is 0.149. The van der Waals surface area contributed by atoms with E-state index < -0.39 is 0 Å². The van der Waals surface area contributed by atoms with E-state index in [1.165, 1.54) is 11.8 Å². The van der Waals surface area contributed by atoms with Gasteiger partial charge in [-0.3, -0.25) is 4.79 Å². The van der Waals surface area contributed by atoms with Gasteiger partial charge in [0.1, 0.15) is 0 Å². The number of carbonyl (C=O) groups excluding carboxylic acids is 1. The van der Waals surface area contributed by atoms with E-state index in [1.807, 2.05) is 30.3 Å². The molecule has 0 aliphatic rings. The standard InChI is InChI=1S/C18H15Cl2N3O2S/c19-14-7-6-13(15(20)9-14)10-21-16(24)11-26-18-23-22-17(25-18)8-12-4-2-1-3-5-12/h1-7,9H,8,10-11H2,(H,21,24). The van der Waals surface area contributed by atoms with Gasteiger partial charge in [0.25, 0.3) is 5.22 Å². The van der Waals surface area contributed by atoms with Crippen LogP contribution in [0, 0.1) is 0 Å². The molecule has 1 heterocycles. The number of benzene rings is 2. The maximum absolute atomic E-state index is 12.0. The number of amides is 1. The largest absolute Gasteiger partial charge is 0.416 e. The van der Waals surface area contributed by atoms with E-state index in [0.717, 1.165) is 11.1 Å². The van der Waals surface area contributed by atoms with Crippen molar-refractivity contribution in [3.05, 3.63) is 75.6 Å². The molecule has 0 bridgehead atoms. The Morgan fingerprint density at radius 2 is 1.92 bits per heavy atom. The highest BCUT2D eigenvalue weighted by Gasteiger charge is 2.11. The highest BCUT2D eigenvalue weighted by Crippen LogP contribution is 2.21. The summed E-state index contributed by atoms with van der Waals surface area (Å²) in [4.78, 5) is 12.0. The van der Waals surface area contributed by atoms with E-state index in [1.54, 1.807) is 18.2 Å². The third kappa shape index (κ3) is 5.49. The molecular weight excluding hydrogens is 393 g/mol. The number of hydrogen-bond donors (Lipinski definition) is 1. The molecule has 134 valence electrons. The second-order valence-electron chi connectivity index (χ2n) is 5.43. The summed E-state index contributed by atoms with van der Waals surface area (Å²) >= 11 is 13.1. The Balaban J connectivity index is 1.46. The van der Waals surface area contributed by atoms with Gasteiger partial charge in [-0.2, -0.15) is 0 Å². The van der Waals surface area contributed by atoms with Gasteiger partial charge in [-0.15, -0.1) is 10.2 Å². The summed E-state index contributed by atoms with van der Waals surface area (Å²) in [5.74, 6) is 0.550. The fraction of sp³-hybridized carbons (Fsp3) is 0.167. The van der Waals surface area contributed by atoms with Crippen LogP contribution in [0.15, 0.2) is 58.2 Å². The van der Waals surface area contributed by atoms with Crippen LogP contribution in [0.25, 0.3) is 0 Å². The van der Waals surface area contributed by atoms with Crippen molar-refractivity contribution >= 4 is 40.9 Å². The molecule has 5 nitrogen and oxygen atoms in total. The van der Waals surface area contributed by atoms with Crippen LogP contribution in [0.4, 0.5) is 0 Å². The molecule has 0 atom stereocenters. The van der Waals surface area contributed by atoms with Gasteiger partial charge in [0.15, 0.2) is 0 Å². The Labute approximate surface area is 165 Å². The first-order chi connectivity index (χ1) is 12.6. The van der Waals surface area contributed by atoms with Gasteiger partial charge in [0, 0.05) is 16.6 Å². The first-order valence-electron chi connectivity index (χ1n) is 7.80. The van der Waals surface area contributed by atoms with Crippen LogP contribution in [-0.4, -0.2) is 21.9 Å².